The fourth-order valence-corrected chi connectivity index (χ4v) is 4.74. The highest BCUT2D eigenvalue weighted by atomic mass is 16.5. The maximum atomic E-state index is 13.1. The molecule has 3 heterocycles. The van der Waals surface area contributed by atoms with E-state index in [9.17, 15) is 4.79 Å². The molecule has 214 valence electrons. The zero-order valence-electron chi connectivity index (χ0n) is 24.7. The van der Waals surface area contributed by atoms with E-state index < -0.39 is 0 Å². The van der Waals surface area contributed by atoms with Crippen molar-refractivity contribution < 1.29 is 9.53 Å². The van der Waals surface area contributed by atoms with Crippen LogP contribution < -0.4 is 20.7 Å². The van der Waals surface area contributed by atoms with Crippen molar-refractivity contribution in [1.29, 1.82) is 0 Å². The van der Waals surface area contributed by atoms with Gasteiger partial charge in [-0.3, -0.25) is 4.68 Å². The van der Waals surface area contributed by atoms with Crippen LogP contribution in [0.25, 0.3) is 11.3 Å². The number of fused-ring (bicyclic) bond motifs is 1. The van der Waals surface area contributed by atoms with Crippen molar-refractivity contribution in [3.63, 3.8) is 0 Å². The predicted octanol–water partition coefficient (Wildman–Crippen LogP) is 6.94. The second kappa shape index (κ2) is 11.6. The first-order chi connectivity index (χ1) is 19.5. The number of amides is 2. The molecule has 5 rings (SSSR count). The van der Waals surface area contributed by atoms with Gasteiger partial charge in [0, 0.05) is 48.8 Å². The van der Waals surface area contributed by atoms with Gasteiger partial charge in [-0.15, -0.1) is 0 Å². The third-order valence-electron chi connectivity index (χ3n) is 6.85. The number of urea groups is 1. The summed E-state index contributed by atoms with van der Waals surface area (Å²) in [6, 6.07) is 17.3. The standard InChI is InChI=1S/C32H39N7O2/c1-21(2)34-29-18-27(13-15-33-29)41-26-11-9-25(10-12-26)35-31(40)36-28-20-39(32(3,4)5)37-30(28)23-8-7-22-14-16-38(6)19-24(22)17-23/h7-13,15,17-18,20-21H,14,16,19H2,1-6H3,(H,33,34)(H2,35,36,40). The van der Waals surface area contributed by atoms with Gasteiger partial charge in [-0.2, -0.15) is 5.10 Å². The molecule has 2 aromatic heterocycles. The van der Waals surface area contributed by atoms with Crippen LogP contribution in [0.1, 0.15) is 45.7 Å². The zero-order chi connectivity index (χ0) is 29.1. The van der Waals surface area contributed by atoms with Gasteiger partial charge in [-0.25, -0.2) is 9.78 Å². The summed E-state index contributed by atoms with van der Waals surface area (Å²) in [6.07, 6.45) is 4.65. The Kier molecular flexibility index (Phi) is 7.99. The van der Waals surface area contributed by atoms with Gasteiger partial charge in [0.2, 0.25) is 0 Å². The maximum Gasteiger partial charge on any atom is 0.323 e. The summed E-state index contributed by atoms with van der Waals surface area (Å²) in [4.78, 5) is 19.7. The molecule has 41 heavy (non-hydrogen) atoms. The molecule has 0 radical (unpaired) electrons. The molecule has 0 bridgehead atoms. The van der Waals surface area contributed by atoms with Gasteiger partial charge in [0.05, 0.1) is 11.2 Å². The Labute approximate surface area is 241 Å². The van der Waals surface area contributed by atoms with Gasteiger partial charge in [-0.05, 0) is 95.6 Å². The van der Waals surface area contributed by atoms with Crippen molar-refractivity contribution in [2.45, 2.75) is 59.2 Å². The average Bonchev–Trinajstić information content (AvgIpc) is 3.33. The van der Waals surface area contributed by atoms with Crippen molar-refractivity contribution in [2.24, 2.45) is 0 Å². The van der Waals surface area contributed by atoms with E-state index in [4.69, 9.17) is 9.84 Å². The lowest BCUT2D eigenvalue weighted by atomic mass is 9.96. The van der Waals surface area contributed by atoms with Gasteiger partial charge < -0.3 is 25.6 Å². The number of pyridine rings is 1. The second-order valence-electron chi connectivity index (χ2n) is 11.9. The molecule has 0 aliphatic carbocycles. The third-order valence-corrected chi connectivity index (χ3v) is 6.85. The fraction of sp³-hybridized carbons (Fsp3) is 0.344. The molecule has 0 spiro atoms. The van der Waals surface area contributed by atoms with E-state index in [-0.39, 0.29) is 17.6 Å². The van der Waals surface area contributed by atoms with E-state index >= 15 is 0 Å². The topological polar surface area (TPSA) is 96.3 Å². The number of aromatic nitrogens is 3. The lowest BCUT2D eigenvalue weighted by molar-refractivity contribution is 0.262. The van der Waals surface area contributed by atoms with E-state index in [2.05, 4.69) is 85.7 Å². The SMILES string of the molecule is CC(C)Nc1cc(Oc2ccc(NC(=O)Nc3cn(C(C)(C)C)nc3-c3ccc4c(c3)CN(C)CC4)cc2)ccn1. The van der Waals surface area contributed by atoms with E-state index in [1.54, 1.807) is 12.3 Å². The summed E-state index contributed by atoms with van der Waals surface area (Å²) in [5.41, 5.74) is 5.48. The normalized spacial score (nSPS) is 13.5. The molecular formula is C32H39N7O2. The molecule has 3 N–H and O–H groups in total. The smallest absolute Gasteiger partial charge is 0.323 e. The number of rotatable bonds is 7. The number of carbonyl (C=O) groups excluding carboxylic acids is 1. The van der Waals surface area contributed by atoms with E-state index in [0.29, 0.717) is 22.9 Å². The second-order valence-corrected chi connectivity index (χ2v) is 11.9. The molecule has 9 heteroatoms. The Morgan fingerprint density at radius 1 is 0.976 bits per heavy atom. The van der Waals surface area contributed by atoms with E-state index in [1.165, 1.54) is 11.1 Å². The molecule has 0 saturated heterocycles. The number of hydrogen-bond acceptors (Lipinski definition) is 6. The van der Waals surface area contributed by atoms with Crippen molar-refractivity contribution in [3.05, 3.63) is 78.1 Å². The number of hydrogen-bond donors (Lipinski definition) is 3. The van der Waals surface area contributed by atoms with Crippen LogP contribution in [0, 0.1) is 0 Å². The molecule has 0 unspecified atom stereocenters. The highest BCUT2D eigenvalue weighted by molar-refractivity contribution is 6.01. The highest BCUT2D eigenvalue weighted by Crippen LogP contribution is 2.32. The predicted molar refractivity (Wildman–Crippen MR) is 165 cm³/mol. The van der Waals surface area contributed by atoms with Gasteiger partial charge in [0.1, 0.15) is 23.0 Å². The minimum atomic E-state index is -0.343. The molecule has 1 aliphatic rings. The number of benzene rings is 2. The lowest BCUT2D eigenvalue weighted by Crippen LogP contribution is -2.26. The highest BCUT2D eigenvalue weighted by Gasteiger charge is 2.22. The van der Waals surface area contributed by atoms with E-state index in [1.807, 2.05) is 41.2 Å². The average molecular weight is 554 g/mol. The summed E-state index contributed by atoms with van der Waals surface area (Å²) in [5.74, 6) is 2.09. The van der Waals surface area contributed by atoms with Gasteiger partial charge in [0.25, 0.3) is 0 Å². The summed E-state index contributed by atoms with van der Waals surface area (Å²) in [6.45, 7) is 12.4. The zero-order valence-corrected chi connectivity index (χ0v) is 24.7. The van der Waals surface area contributed by atoms with Crippen molar-refractivity contribution in [3.8, 4) is 22.8 Å². The first-order valence-corrected chi connectivity index (χ1v) is 14.0. The number of carbonyl (C=O) groups is 1. The summed E-state index contributed by atoms with van der Waals surface area (Å²) >= 11 is 0. The van der Waals surface area contributed by atoms with Crippen LogP contribution in [0.3, 0.4) is 0 Å². The number of likely N-dealkylation sites (N-methyl/N-ethyl adjacent to an activating group) is 1. The quantitative estimate of drug-likeness (QED) is 0.229. The summed E-state index contributed by atoms with van der Waals surface area (Å²) < 4.78 is 7.88. The lowest BCUT2D eigenvalue weighted by Gasteiger charge is -2.25. The fourth-order valence-electron chi connectivity index (χ4n) is 4.74. The first-order valence-electron chi connectivity index (χ1n) is 14.0. The maximum absolute atomic E-state index is 13.1. The molecular weight excluding hydrogens is 514 g/mol. The Balaban J connectivity index is 1.29. The molecule has 1 aliphatic heterocycles. The monoisotopic (exact) mass is 553 g/mol. The van der Waals surface area contributed by atoms with Crippen LogP contribution in [-0.4, -0.2) is 45.3 Å². The number of ether oxygens (including phenoxy) is 1. The van der Waals surface area contributed by atoms with Gasteiger partial charge in [-0.1, -0.05) is 12.1 Å². The molecule has 2 amide bonds. The van der Waals surface area contributed by atoms with Gasteiger partial charge in [0.15, 0.2) is 0 Å². The van der Waals surface area contributed by atoms with Crippen molar-refractivity contribution >= 4 is 23.2 Å². The molecule has 0 atom stereocenters. The van der Waals surface area contributed by atoms with Crippen LogP contribution in [0.5, 0.6) is 11.5 Å². The summed E-state index contributed by atoms with van der Waals surface area (Å²) in [5, 5.41) is 14.1. The Hall–Kier alpha value is -4.37. The van der Waals surface area contributed by atoms with Crippen LogP contribution in [0.4, 0.5) is 22.0 Å². The third kappa shape index (κ3) is 7.05. The van der Waals surface area contributed by atoms with Gasteiger partial charge >= 0.3 is 6.03 Å². The number of anilines is 3. The Morgan fingerprint density at radius 2 is 1.76 bits per heavy atom. The molecule has 2 aromatic carbocycles. The molecule has 0 fully saturated rings. The van der Waals surface area contributed by atoms with Crippen LogP contribution >= 0.6 is 0 Å². The van der Waals surface area contributed by atoms with E-state index in [0.717, 1.165) is 36.6 Å². The minimum Gasteiger partial charge on any atom is -0.457 e. The minimum absolute atomic E-state index is 0.240. The molecule has 0 saturated carbocycles. The molecule has 4 aromatic rings. The first kappa shape index (κ1) is 28.2. The largest absolute Gasteiger partial charge is 0.457 e. The van der Waals surface area contributed by atoms with Crippen molar-refractivity contribution in [1.82, 2.24) is 19.7 Å². The summed E-state index contributed by atoms with van der Waals surface area (Å²) in [7, 11) is 2.14. The van der Waals surface area contributed by atoms with Crippen LogP contribution in [-0.2, 0) is 18.5 Å². The van der Waals surface area contributed by atoms with Crippen LogP contribution in [0.15, 0.2) is 67.0 Å². The van der Waals surface area contributed by atoms with Crippen molar-refractivity contribution in [2.75, 3.05) is 29.5 Å². The number of nitrogens with zero attached hydrogens (tertiary/aromatic N) is 4. The number of nitrogens with one attached hydrogen (secondary N) is 3. The van der Waals surface area contributed by atoms with Crippen LogP contribution in [0.2, 0.25) is 0 Å². The Morgan fingerprint density at radius 3 is 2.49 bits per heavy atom. The Bertz CT molecular complexity index is 1520. The molecule has 9 nitrogen and oxygen atoms in total.